The average Bonchev–Trinajstić information content (AvgIpc) is 3.07. The van der Waals surface area contributed by atoms with Gasteiger partial charge in [-0.1, -0.05) is 30.3 Å². The minimum absolute atomic E-state index is 0.0205. The Balaban J connectivity index is 0.000000604. The van der Waals surface area contributed by atoms with Crippen LogP contribution in [0.2, 0.25) is 0 Å². The molecule has 13 nitrogen and oxygen atoms in total. The molecule has 1 fully saturated rings. The number of nitrogens with two attached hydrogens (primary N) is 2. The number of nitrogens with zero attached hydrogens (tertiary/aromatic N) is 2. The van der Waals surface area contributed by atoms with Gasteiger partial charge in [-0.15, -0.1) is 0 Å². The Morgan fingerprint density at radius 1 is 1.21 bits per heavy atom. The highest BCUT2D eigenvalue weighted by Crippen LogP contribution is 2.28. The van der Waals surface area contributed by atoms with Crippen molar-refractivity contribution in [2.24, 2.45) is 5.73 Å². The molecule has 1 aromatic carbocycles. The van der Waals surface area contributed by atoms with Crippen molar-refractivity contribution in [2.45, 2.75) is 50.0 Å². The minimum atomic E-state index is -1.41. The molecule has 1 aromatic heterocycles. The van der Waals surface area contributed by atoms with E-state index in [1.54, 1.807) is 0 Å². The molecule has 8 N–H and O–H groups in total. The van der Waals surface area contributed by atoms with Gasteiger partial charge in [-0.05, 0) is 25.0 Å². The molecule has 0 aliphatic carbocycles. The van der Waals surface area contributed by atoms with Crippen LogP contribution in [0.4, 0.5) is 5.82 Å². The molecule has 3 rings (SSSR count). The van der Waals surface area contributed by atoms with Crippen molar-refractivity contribution in [1.82, 2.24) is 9.55 Å². The lowest BCUT2D eigenvalue weighted by atomic mass is 10.1. The molecule has 186 valence electrons. The Morgan fingerprint density at radius 2 is 1.82 bits per heavy atom. The number of aromatic nitrogens is 2. The van der Waals surface area contributed by atoms with Gasteiger partial charge in [-0.2, -0.15) is 4.98 Å². The van der Waals surface area contributed by atoms with Crippen LogP contribution in [0, 0.1) is 0 Å². The molecule has 0 saturated carbocycles. The molecule has 13 heteroatoms. The molecule has 0 amide bonds. The highest BCUT2D eigenvalue weighted by molar-refractivity contribution is 5.75. The van der Waals surface area contributed by atoms with Crippen LogP contribution in [0.25, 0.3) is 0 Å². The van der Waals surface area contributed by atoms with E-state index in [0.29, 0.717) is 6.42 Å². The van der Waals surface area contributed by atoms with Gasteiger partial charge < -0.3 is 41.4 Å². The van der Waals surface area contributed by atoms with Crippen LogP contribution in [0.15, 0.2) is 47.4 Å². The number of carbonyl (C=O) groups excluding carboxylic acids is 1. The summed E-state index contributed by atoms with van der Waals surface area (Å²) in [7, 11) is 0. The molecule has 34 heavy (non-hydrogen) atoms. The van der Waals surface area contributed by atoms with Crippen molar-refractivity contribution in [3.05, 3.63) is 58.6 Å². The second kappa shape index (κ2) is 12.2. The summed E-state index contributed by atoms with van der Waals surface area (Å²) in [4.78, 5) is 37.0. The summed E-state index contributed by atoms with van der Waals surface area (Å²) in [6, 6.07) is 9.70. The largest absolute Gasteiger partial charge is 0.479 e. The van der Waals surface area contributed by atoms with E-state index in [-0.39, 0.29) is 12.4 Å². The second-order valence-corrected chi connectivity index (χ2v) is 7.53. The fourth-order valence-corrected chi connectivity index (χ4v) is 2.94. The quantitative estimate of drug-likeness (QED) is 0.237. The van der Waals surface area contributed by atoms with E-state index in [2.05, 4.69) is 4.98 Å². The third-order valence-electron chi connectivity index (χ3n) is 4.81. The number of aliphatic hydroxyl groups is 3. The number of carboxylic acids is 1. The normalized spacial score (nSPS) is 23.3. The highest BCUT2D eigenvalue weighted by Gasteiger charge is 2.44. The van der Waals surface area contributed by atoms with Crippen LogP contribution >= 0.6 is 0 Å². The maximum Gasteiger partial charge on any atom is 0.351 e. The maximum absolute atomic E-state index is 12.1. The van der Waals surface area contributed by atoms with Crippen molar-refractivity contribution < 1.29 is 39.5 Å². The third-order valence-corrected chi connectivity index (χ3v) is 4.81. The van der Waals surface area contributed by atoms with Crippen LogP contribution in [0.1, 0.15) is 18.7 Å². The Morgan fingerprint density at radius 3 is 2.38 bits per heavy atom. The number of esters is 1. The number of benzene rings is 1. The van der Waals surface area contributed by atoms with Gasteiger partial charge in [0.2, 0.25) is 0 Å². The van der Waals surface area contributed by atoms with E-state index in [1.165, 1.54) is 19.2 Å². The number of hydrogen-bond donors (Lipinski definition) is 6. The predicted octanol–water partition coefficient (Wildman–Crippen LogP) is -1.99. The zero-order valence-electron chi connectivity index (χ0n) is 18.3. The molecule has 1 aliphatic rings. The van der Waals surface area contributed by atoms with E-state index < -0.39 is 54.3 Å². The maximum atomic E-state index is 12.1. The molecule has 2 heterocycles. The summed E-state index contributed by atoms with van der Waals surface area (Å²) in [5, 5.41) is 36.1. The summed E-state index contributed by atoms with van der Waals surface area (Å²) in [6.45, 7) is 0.871. The first-order chi connectivity index (χ1) is 16.0. The molecule has 1 unspecified atom stereocenters. The number of anilines is 1. The number of carbonyl (C=O) groups is 2. The van der Waals surface area contributed by atoms with Crippen LogP contribution in [0.5, 0.6) is 0 Å². The number of rotatable bonds is 7. The Kier molecular flexibility index (Phi) is 9.65. The lowest BCUT2D eigenvalue weighted by Gasteiger charge is -2.17. The molecule has 0 bridgehead atoms. The first kappa shape index (κ1) is 26.9. The van der Waals surface area contributed by atoms with Crippen LogP contribution in [0.3, 0.4) is 0 Å². The predicted molar refractivity (Wildman–Crippen MR) is 117 cm³/mol. The molecular formula is C21H28N4O9. The third kappa shape index (κ3) is 7.33. The molecular weight excluding hydrogens is 452 g/mol. The zero-order valence-corrected chi connectivity index (χ0v) is 18.3. The Labute approximate surface area is 194 Å². The van der Waals surface area contributed by atoms with Crippen LogP contribution in [-0.2, 0) is 25.5 Å². The average molecular weight is 480 g/mol. The number of aliphatic hydroxyl groups excluding tert-OH is 3. The SMILES string of the molecule is CC(O)C(=O)O.Nc1ccn([C@@H]2O[C@H](COC(=O)[C@H](N)Cc3ccccc3)[C@@H](O)[C@@H]2O)c(=O)n1. The fourth-order valence-electron chi connectivity index (χ4n) is 2.94. The number of aliphatic carboxylic acids is 1. The summed E-state index contributed by atoms with van der Waals surface area (Å²) in [6.07, 6.45) is -4.63. The van der Waals surface area contributed by atoms with Gasteiger partial charge in [0.15, 0.2) is 6.23 Å². The minimum Gasteiger partial charge on any atom is -0.479 e. The zero-order chi connectivity index (χ0) is 25.4. The molecule has 0 spiro atoms. The van der Waals surface area contributed by atoms with Crippen LogP contribution < -0.4 is 17.2 Å². The van der Waals surface area contributed by atoms with Gasteiger partial charge in [0, 0.05) is 6.20 Å². The summed E-state index contributed by atoms with van der Waals surface area (Å²) < 4.78 is 11.6. The van der Waals surface area contributed by atoms with E-state index in [9.17, 15) is 24.6 Å². The standard InChI is InChI=1S/C18H22N4O6.C3H6O3/c19-11(8-10-4-2-1-3-5-10)17(25)27-9-12-14(23)15(24)16(28-12)22-7-6-13(20)21-18(22)26;1-2(4)3(5)6/h1-7,11-12,14-16,23-24H,8-9,19H2,(H2,20,21,26);2,4H,1H3,(H,5,6)/t11-,12-,14-,15+,16-;/m1./s1. The van der Waals surface area contributed by atoms with E-state index >= 15 is 0 Å². The number of ether oxygens (including phenoxy) is 2. The van der Waals surface area contributed by atoms with E-state index in [1.807, 2.05) is 30.3 Å². The number of nitrogen functional groups attached to an aromatic ring is 1. The fraction of sp³-hybridized carbons (Fsp3) is 0.429. The van der Waals surface area contributed by atoms with E-state index in [0.717, 1.165) is 10.1 Å². The monoisotopic (exact) mass is 480 g/mol. The molecule has 1 aliphatic heterocycles. The van der Waals surface area contributed by atoms with Gasteiger partial charge in [0.25, 0.3) is 0 Å². The van der Waals surface area contributed by atoms with Crippen molar-refractivity contribution in [1.29, 1.82) is 0 Å². The number of hydrogen-bond acceptors (Lipinski definition) is 11. The van der Waals surface area contributed by atoms with Gasteiger partial charge in [0.05, 0.1) is 0 Å². The van der Waals surface area contributed by atoms with Crippen molar-refractivity contribution in [2.75, 3.05) is 12.3 Å². The van der Waals surface area contributed by atoms with Gasteiger partial charge in [-0.25, -0.2) is 9.59 Å². The van der Waals surface area contributed by atoms with Gasteiger partial charge in [-0.3, -0.25) is 9.36 Å². The summed E-state index contributed by atoms with van der Waals surface area (Å²) in [5.74, 6) is -1.83. The smallest absolute Gasteiger partial charge is 0.351 e. The van der Waals surface area contributed by atoms with Crippen molar-refractivity contribution >= 4 is 17.8 Å². The Hall–Kier alpha value is -3.36. The van der Waals surface area contributed by atoms with Gasteiger partial charge >= 0.3 is 17.6 Å². The topological polar surface area (TPSA) is 220 Å². The second-order valence-electron chi connectivity index (χ2n) is 7.53. The lowest BCUT2D eigenvalue weighted by Crippen LogP contribution is -2.39. The summed E-state index contributed by atoms with van der Waals surface area (Å²) >= 11 is 0. The Bertz CT molecular complexity index is 1010. The van der Waals surface area contributed by atoms with Crippen molar-refractivity contribution in [3.8, 4) is 0 Å². The van der Waals surface area contributed by atoms with Gasteiger partial charge in [0.1, 0.15) is 42.9 Å². The van der Waals surface area contributed by atoms with Crippen molar-refractivity contribution in [3.63, 3.8) is 0 Å². The first-order valence-corrected chi connectivity index (χ1v) is 10.2. The molecule has 0 radical (unpaired) electrons. The molecule has 1 saturated heterocycles. The first-order valence-electron chi connectivity index (χ1n) is 10.2. The highest BCUT2D eigenvalue weighted by atomic mass is 16.6. The molecule has 2 aromatic rings. The number of carboxylic acid groups (broad SMARTS) is 1. The van der Waals surface area contributed by atoms with Crippen LogP contribution in [-0.4, -0.2) is 79.0 Å². The summed E-state index contributed by atoms with van der Waals surface area (Å²) in [5.41, 5.74) is 11.4. The van der Waals surface area contributed by atoms with E-state index in [4.69, 9.17) is 31.2 Å². The lowest BCUT2D eigenvalue weighted by molar-refractivity contribution is -0.151. The molecule has 6 atom stereocenters.